The average Bonchev–Trinajstić information content (AvgIpc) is 2.89. The van der Waals surface area contributed by atoms with Gasteiger partial charge in [-0.15, -0.1) is 0 Å². The van der Waals surface area contributed by atoms with Crippen LogP contribution in [0.2, 0.25) is 0 Å². The highest BCUT2D eigenvalue weighted by atomic mass is 16.5. The van der Waals surface area contributed by atoms with E-state index in [0.29, 0.717) is 18.7 Å². The maximum atomic E-state index is 13.8. The number of fused-ring (bicyclic) bond motifs is 2. The molecule has 5 rings (SSSR count). The first-order valence-electron chi connectivity index (χ1n) is 12.1. The van der Waals surface area contributed by atoms with Crippen molar-refractivity contribution >= 4 is 22.4 Å². The molecule has 172 valence electrons. The Bertz CT molecular complexity index is 1290. The third kappa shape index (κ3) is 4.36. The van der Waals surface area contributed by atoms with Crippen LogP contribution in [-0.4, -0.2) is 17.4 Å². The molecule has 4 aromatic carbocycles. The number of hydrogen-bond donors (Lipinski definition) is 1. The van der Waals surface area contributed by atoms with E-state index >= 15 is 0 Å². The second kappa shape index (κ2) is 10.0. The molecule has 1 N–H and O–H groups in total. The molecule has 1 heterocycles. The molecule has 4 aromatic rings. The third-order valence-electron chi connectivity index (χ3n) is 6.43. The Kier molecular flexibility index (Phi) is 6.48. The van der Waals surface area contributed by atoms with E-state index in [0.717, 1.165) is 52.6 Å². The van der Waals surface area contributed by atoms with Crippen LogP contribution in [0.15, 0.2) is 91.0 Å². The maximum absolute atomic E-state index is 13.8. The molecular weight excluding hydrogens is 420 g/mol. The summed E-state index contributed by atoms with van der Waals surface area (Å²) in [7, 11) is 0. The molecule has 1 aliphatic heterocycles. The van der Waals surface area contributed by atoms with Gasteiger partial charge in [0.25, 0.3) is 5.91 Å². The molecule has 1 atom stereocenters. The van der Waals surface area contributed by atoms with Crippen LogP contribution >= 0.6 is 0 Å². The van der Waals surface area contributed by atoms with E-state index in [1.54, 1.807) is 0 Å². The number of unbranched alkanes of at least 4 members (excludes halogenated alkanes) is 2. The van der Waals surface area contributed by atoms with Crippen LogP contribution in [0.25, 0.3) is 10.8 Å². The lowest BCUT2D eigenvalue weighted by Crippen LogP contribution is -2.42. The van der Waals surface area contributed by atoms with Gasteiger partial charge >= 0.3 is 0 Å². The van der Waals surface area contributed by atoms with Crippen LogP contribution in [0.3, 0.4) is 0 Å². The maximum Gasteiger partial charge on any atom is 0.258 e. The minimum absolute atomic E-state index is 0.0214. The van der Waals surface area contributed by atoms with Crippen molar-refractivity contribution in [1.82, 2.24) is 4.90 Å². The quantitative estimate of drug-likeness (QED) is 0.289. The second-order valence-electron chi connectivity index (χ2n) is 8.77. The minimum atomic E-state index is -0.352. The SMILES string of the molecule is CCCCCOc1ccc2ccccc2c1C1Nc2ccccc2C(=O)N1Cc1ccccc1. The van der Waals surface area contributed by atoms with Gasteiger partial charge in [0.2, 0.25) is 0 Å². The summed E-state index contributed by atoms with van der Waals surface area (Å²) in [4.78, 5) is 15.7. The standard InChI is InChI=1S/C30H30N2O2/c1-2-3-11-20-34-27-19-18-23-14-7-8-15-24(23)28(27)29-31-26-17-10-9-16-25(26)30(33)32(29)21-22-12-5-4-6-13-22/h4-10,12-19,29,31H,2-3,11,20-21H2,1H3. The highest BCUT2D eigenvalue weighted by molar-refractivity contribution is 6.02. The third-order valence-corrected chi connectivity index (χ3v) is 6.43. The average molecular weight is 451 g/mol. The van der Waals surface area contributed by atoms with Gasteiger partial charge in [0.05, 0.1) is 12.2 Å². The number of para-hydroxylation sites is 1. The zero-order valence-electron chi connectivity index (χ0n) is 19.5. The summed E-state index contributed by atoms with van der Waals surface area (Å²) in [5, 5.41) is 5.90. The number of nitrogens with one attached hydrogen (secondary N) is 1. The fourth-order valence-corrected chi connectivity index (χ4v) is 4.68. The molecule has 4 nitrogen and oxygen atoms in total. The number of carbonyl (C=O) groups excluding carboxylic acids is 1. The lowest BCUT2D eigenvalue weighted by molar-refractivity contribution is 0.0665. The molecule has 1 unspecified atom stereocenters. The molecule has 0 saturated heterocycles. The van der Waals surface area contributed by atoms with Crippen molar-refractivity contribution in [3.63, 3.8) is 0 Å². The van der Waals surface area contributed by atoms with E-state index in [1.807, 2.05) is 59.5 Å². The summed E-state index contributed by atoms with van der Waals surface area (Å²) >= 11 is 0. The van der Waals surface area contributed by atoms with Gasteiger partial charge in [-0.2, -0.15) is 0 Å². The molecule has 0 fully saturated rings. The number of amides is 1. The lowest BCUT2D eigenvalue weighted by Gasteiger charge is -2.39. The van der Waals surface area contributed by atoms with E-state index in [2.05, 4.69) is 48.6 Å². The number of nitrogens with zero attached hydrogens (tertiary/aromatic N) is 1. The number of benzene rings is 4. The monoisotopic (exact) mass is 450 g/mol. The van der Waals surface area contributed by atoms with Crippen LogP contribution in [0.1, 0.15) is 53.8 Å². The van der Waals surface area contributed by atoms with Crippen LogP contribution in [0, 0.1) is 0 Å². The summed E-state index contributed by atoms with van der Waals surface area (Å²) < 4.78 is 6.34. The topological polar surface area (TPSA) is 41.6 Å². The van der Waals surface area contributed by atoms with Gasteiger partial charge in [-0.1, -0.05) is 92.6 Å². The first kappa shape index (κ1) is 22.0. The molecule has 0 spiro atoms. The molecule has 0 aliphatic carbocycles. The van der Waals surface area contributed by atoms with Crippen molar-refractivity contribution in [3.05, 3.63) is 108 Å². The molecule has 1 aliphatic rings. The summed E-state index contributed by atoms with van der Waals surface area (Å²) in [6.07, 6.45) is 2.94. The molecule has 0 aromatic heterocycles. The Balaban J connectivity index is 1.63. The van der Waals surface area contributed by atoms with Crippen molar-refractivity contribution < 1.29 is 9.53 Å². The van der Waals surface area contributed by atoms with Gasteiger partial charge in [-0.25, -0.2) is 0 Å². The van der Waals surface area contributed by atoms with Crippen LogP contribution in [0.4, 0.5) is 5.69 Å². The van der Waals surface area contributed by atoms with Gasteiger partial charge in [0.15, 0.2) is 0 Å². The zero-order valence-corrected chi connectivity index (χ0v) is 19.5. The van der Waals surface area contributed by atoms with Crippen molar-refractivity contribution in [3.8, 4) is 5.75 Å². The summed E-state index contributed by atoms with van der Waals surface area (Å²) in [5.41, 5.74) is 3.65. The number of hydrogen-bond acceptors (Lipinski definition) is 3. The normalized spacial score (nSPS) is 15.1. The second-order valence-corrected chi connectivity index (χ2v) is 8.77. The van der Waals surface area contributed by atoms with Gasteiger partial charge < -0.3 is 15.0 Å². The largest absolute Gasteiger partial charge is 0.493 e. The van der Waals surface area contributed by atoms with E-state index in [9.17, 15) is 4.79 Å². The highest BCUT2D eigenvalue weighted by Crippen LogP contribution is 2.41. The van der Waals surface area contributed by atoms with Crippen LogP contribution in [-0.2, 0) is 6.54 Å². The van der Waals surface area contributed by atoms with Gasteiger partial charge in [0, 0.05) is 17.8 Å². The highest BCUT2D eigenvalue weighted by Gasteiger charge is 2.35. The Morgan fingerprint density at radius 2 is 1.62 bits per heavy atom. The minimum Gasteiger partial charge on any atom is -0.493 e. The first-order valence-corrected chi connectivity index (χ1v) is 12.1. The number of anilines is 1. The number of rotatable bonds is 8. The van der Waals surface area contributed by atoms with E-state index in [-0.39, 0.29) is 12.1 Å². The molecule has 4 heteroatoms. The fourth-order valence-electron chi connectivity index (χ4n) is 4.68. The number of carbonyl (C=O) groups is 1. The Morgan fingerprint density at radius 3 is 2.47 bits per heavy atom. The van der Waals surface area contributed by atoms with Crippen molar-refractivity contribution in [2.45, 2.75) is 38.9 Å². The molecule has 0 saturated carbocycles. The predicted octanol–water partition coefficient (Wildman–Crippen LogP) is 7.18. The summed E-state index contributed by atoms with van der Waals surface area (Å²) in [6.45, 7) is 3.36. The first-order chi connectivity index (χ1) is 16.8. The molecule has 0 radical (unpaired) electrons. The number of ether oxygens (including phenoxy) is 1. The predicted molar refractivity (Wildman–Crippen MR) is 138 cm³/mol. The van der Waals surface area contributed by atoms with Gasteiger partial charge in [-0.3, -0.25) is 4.79 Å². The van der Waals surface area contributed by atoms with Crippen molar-refractivity contribution in [1.29, 1.82) is 0 Å². The van der Waals surface area contributed by atoms with E-state index in [1.165, 1.54) is 0 Å². The Hall–Kier alpha value is -3.79. The van der Waals surface area contributed by atoms with Crippen molar-refractivity contribution in [2.24, 2.45) is 0 Å². The molecule has 0 bridgehead atoms. The van der Waals surface area contributed by atoms with Crippen molar-refractivity contribution in [2.75, 3.05) is 11.9 Å². The smallest absolute Gasteiger partial charge is 0.258 e. The molecule has 1 amide bonds. The summed E-state index contributed by atoms with van der Waals surface area (Å²) in [5.74, 6) is 0.852. The van der Waals surface area contributed by atoms with Crippen LogP contribution < -0.4 is 10.1 Å². The lowest BCUT2D eigenvalue weighted by atomic mass is 9.97. The van der Waals surface area contributed by atoms with Gasteiger partial charge in [0.1, 0.15) is 11.9 Å². The Labute approximate surface area is 201 Å². The fraction of sp³-hybridized carbons (Fsp3) is 0.233. The summed E-state index contributed by atoms with van der Waals surface area (Å²) in [6, 6.07) is 30.4. The molecular formula is C30H30N2O2. The Morgan fingerprint density at radius 1 is 0.853 bits per heavy atom. The zero-order chi connectivity index (χ0) is 23.3. The van der Waals surface area contributed by atoms with E-state index < -0.39 is 0 Å². The molecule has 34 heavy (non-hydrogen) atoms. The van der Waals surface area contributed by atoms with Crippen LogP contribution in [0.5, 0.6) is 5.75 Å². The van der Waals surface area contributed by atoms with E-state index in [4.69, 9.17) is 4.74 Å². The van der Waals surface area contributed by atoms with Gasteiger partial charge in [-0.05, 0) is 41.0 Å².